The molecule has 0 spiro atoms. The maximum absolute atomic E-state index is 13.0. The van der Waals surface area contributed by atoms with Crippen LogP contribution in [0.1, 0.15) is 47.3 Å². The van der Waals surface area contributed by atoms with Gasteiger partial charge in [-0.05, 0) is 43.4 Å². The predicted octanol–water partition coefficient (Wildman–Crippen LogP) is 1.99. The molecule has 1 fully saturated rings. The SMILES string of the molecule is Cc1ccccc1C[C@@H](CNC(=O)c1nc(Cl)c(N)nc1N)CN(C)C(=O)OC1CCN(C(=O)CCCN)CC1. The molecule has 0 unspecified atom stereocenters. The summed E-state index contributed by atoms with van der Waals surface area (Å²) in [5.41, 5.74) is 19.0. The van der Waals surface area contributed by atoms with Gasteiger partial charge in [-0.3, -0.25) is 9.59 Å². The second kappa shape index (κ2) is 14.7. The standard InChI is InChI=1S/C27H39ClN8O4/c1-17-6-3-4-7-19(17)14-18(15-32-26(38)22-24(30)34-25(31)23(28)33-22)16-35(2)27(39)40-20-9-12-36(13-10-20)21(37)8-5-11-29/h3-4,6-7,18,20H,5,8-16,29H2,1-2H3,(H,32,38)(H4,30,31,34)/t18-/m0/s1. The summed E-state index contributed by atoms with van der Waals surface area (Å²) in [4.78, 5) is 49.2. The van der Waals surface area contributed by atoms with E-state index >= 15 is 0 Å². The van der Waals surface area contributed by atoms with Crippen LogP contribution in [-0.4, -0.2) is 83.6 Å². The number of ether oxygens (including phenoxy) is 1. The first-order valence-corrected chi connectivity index (χ1v) is 13.8. The fourth-order valence-electron chi connectivity index (χ4n) is 4.61. The first-order valence-electron chi connectivity index (χ1n) is 13.4. The number of anilines is 2. The normalized spacial score (nSPS) is 14.4. The van der Waals surface area contributed by atoms with Gasteiger partial charge >= 0.3 is 6.09 Å². The summed E-state index contributed by atoms with van der Waals surface area (Å²) in [6, 6.07) is 7.95. The largest absolute Gasteiger partial charge is 0.446 e. The summed E-state index contributed by atoms with van der Waals surface area (Å²) in [6.07, 6.45) is 2.17. The number of nitrogen functional groups attached to an aromatic ring is 2. The first-order chi connectivity index (χ1) is 19.1. The third-order valence-corrected chi connectivity index (χ3v) is 7.22. The summed E-state index contributed by atoms with van der Waals surface area (Å²) in [5.74, 6) is -0.787. The van der Waals surface area contributed by atoms with Crippen LogP contribution < -0.4 is 22.5 Å². The Balaban J connectivity index is 1.60. The molecule has 2 aromatic rings. The van der Waals surface area contributed by atoms with Gasteiger partial charge in [0, 0.05) is 52.5 Å². The molecule has 0 aliphatic carbocycles. The van der Waals surface area contributed by atoms with Crippen molar-refractivity contribution in [2.75, 3.05) is 51.2 Å². The number of rotatable bonds is 11. The van der Waals surface area contributed by atoms with Crippen molar-refractivity contribution >= 4 is 41.1 Å². The molecule has 40 heavy (non-hydrogen) atoms. The van der Waals surface area contributed by atoms with Crippen molar-refractivity contribution in [3.63, 3.8) is 0 Å². The highest BCUT2D eigenvalue weighted by Gasteiger charge is 2.27. The first kappa shape index (κ1) is 30.9. The van der Waals surface area contributed by atoms with Crippen molar-refractivity contribution in [3.05, 3.63) is 46.2 Å². The van der Waals surface area contributed by atoms with Crippen molar-refractivity contribution in [2.24, 2.45) is 11.7 Å². The second-order valence-electron chi connectivity index (χ2n) is 10.1. The Hall–Kier alpha value is -3.64. The number of nitrogens with two attached hydrogens (primary N) is 3. The summed E-state index contributed by atoms with van der Waals surface area (Å²) in [6.45, 7) is 4.16. The zero-order chi connectivity index (χ0) is 29.2. The van der Waals surface area contributed by atoms with Crippen LogP contribution >= 0.6 is 11.6 Å². The summed E-state index contributed by atoms with van der Waals surface area (Å²) >= 11 is 5.93. The Morgan fingerprint density at radius 2 is 1.88 bits per heavy atom. The van der Waals surface area contributed by atoms with Crippen LogP contribution in [0.3, 0.4) is 0 Å². The van der Waals surface area contributed by atoms with E-state index in [4.69, 9.17) is 33.5 Å². The Labute approximate surface area is 239 Å². The van der Waals surface area contributed by atoms with Gasteiger partial charge in [0.05, 0.1) is 0 Å². The van der Waals surface area contributed by atoms with Crippen molar-refractivity contribution in [3.8, 4) is 0 Å². The van der Waals surface area contributed by atoms with Crippen LogP contribution in [0.5, 0.6) is 0 Å². The topological polar surface area (TPSA) is 183 Å². The molecular weight excluding hydrogens is 536 g/mol. The van der Waals surface area contributed by atoms with Gasteiger partial charge in [-0.25, -0.2) is 14.8 Å². The van der Waals surface area contributed by atoms with E-state index in [0.717, 1.165) is 11.1 Å². The molecular formula is C27H39ClN8O4. The number of nitrogens with one attached hydrogen (secondary N) is 1. The maximum Gasteiger partial charge on any atom is 0.409 e. The number of amides is 3. The van der Waals surface area contributed by atoms with E-state index in [-0.39, 0.29) is 47.0 Å². The zero-order valence-electron chi connectivity index (χ0n) is 23.1. The highest BCUT2D eigenvalue weighted by atomic mass is 35.5. The molecule has 0 radical (unpaired) electrons. The number of piperidine rings is 1. The molecule has 3 amide bonds. The number of hydrogen-bond donors (Lipinski definition) is 4. The number of aryl methyl sites for hydroxylation is 1. The molecule has 1 aliphatic heterocycles. The van der Waals surface area contributed by atoms with E-state index in [1.807, 2.05) is 31.2 Å². The maximum atomic E-state index is 13.0. The van der Waals surface area contributed by atoms with Gasteiger partial charge in [-0.15, -0.1) is 0 Å². The number of hydrogen-bond acceptors (Lipinski definition) is 9. The van der Waals surface area contributed by atoms with Crippen molar-refractivity contribution in [1.82, 2.24) is 25.1 Å². The molecule has 2 heterocycles. The number of likely N-dealkylation sites (tertiary alicyclic amines) is 1. The zero-order valence-corrected chi connectivity index (χ0v) is 23.8. The smallest absolute Gasteiger partial charge is 0.409 e. The highest BCUT2D eigenvalue weighted by molar-refractivity contribution is 6.31. The third-order valence-electron chi connectivity index (χ3n) is 6.94. The summed E-state index contributed by atoms with van der Waals surface area (Å²) < 4.78 is 5.75. The van der Waals surface area contributed by atoms with E-state index in [1.165, 1.54) is 4.90 Å². The lowest BCUT2D eigenvalue weighted by atomic mass is 9.95. The van der Waals surface area contributed by atoms with Gasteiger partial charge in [0.1, 0.15) is 6.10 Å². The molecule has 7 N–H and O–H groups in total. The number of nitrogens with zero attached hydrogens (tertiary/aromatic N) is 4. The third kappa shape index (κ3) is 8.68. The number of benzene rings is 1. The van der Waals surface area contributed by atoms with Crippen LogP contribution in [0.4, 0.5) is 16.4 Å². The Kier molecular flexibility index (Phi) is 11.3. The highest BCUT2D eigenvalue weighted by Crippen LogP contribution is 2.20. The quantitative estimate of drug-likeness (QED) is 0.311. The lowest BCUT2D eigenvalue weighted by Crippen LogP contribution is -2.44. The molecule has 1 aromatic heterocycles. The molecule has 1 saturated heterocycles. The van der Waals surface area contributed by atoms with Crippen LogP contribution in [0.25, 0.3) is 0 Å². The van der Waals surface area contributed by atoms with Gasteiger partial charge in [-0.2, -0.15) is 0 Å². The van der Waals surface area contributed by atoms with Gasteiger partial charge < -0.3 is 37.1 Å². The van der Waals surface area contributed by atoms with E-state index in [9.17, 15) is 14.4 Å². The van der Waals surface area contributed by atoms with Gasteiger partial charge in [0.2, 0.25) is 5.91 Å². The van der Waals surface area contributed by atoms with E-state index in [2.05, 4.69) is 15.3 Å². The lowest BCUT2D eigenvalue weighted by Gasteiger charge is -2.33. The van der Waals surface area contributed by atoms with Crippen LogP contribution in [0.15, 0.2) is 24.3 Å². The lowest BCUT2D eigenvalue weighted by molar-refractivity contribution is -0.133. The van der Waals surface area contributed by atoms with Gasteiger partial charge in [0.15, 0.2) is 22.5 Å². The fraction of sp³-hybridized carbons (Fsp3) is 0.519. The molecule has 13 heteroatoms. The Bertz CT molecular complexity index is 1190. The molecule has 12 nitrogen and oxygen atoms in total. The van der Waals surface area contributed by atoms with Crippen LogP contribution in [-0.2, 0) is 16.0 Å². The molecule has 1 aliphatic rings. The molecule has 0 bridgehead atoms. The second-order valence-corrected chi connectivity index (χ2v) is 10.4. The van der Waals surface area contributed by atoms with Crippen molar-refractivity contribution in [1.29, 1.82) is 0 Å². The predicted molar refractivity (Wildman–Crippen MR) is 154 cm³/mol. The summed E-state index contributed by atoms with van der Waals surface area (Å²) in [7, 11) is 1.67. The minimum Gasteiger partial charge on any atom is -0.446 e. The molecule has 0 saturated carbocycles. The number of carbonyl (C=O) groups is 3. The molecule has 1 aromatic carbocycles. The molecule has 1 atom stereocenters. The minimum absolute atomic E-state index is 0.0582. The van der Waals surface area contributed by atoms with Crippen LogP contribution in [0.2, 0.25) is 5.15 Å². The van der Waals surface area contributed by atoms with E-state index in [0.29, 0.717) is 58.3 Å². The number of carbonyl (C=O) groups excluding carboxylic acids is 3. The Morgan fingerprint density at radius 3 is 2.55 bits per heavy atom. The molecule has 3 rings (SSSR count). The average Bonchev–Trinajstić information content (AvgIpc) is 2.93. The van der Waals surface area contributed by atoms with Gasteiger partial charge in [-0.1, -0.05) is 35.9 Å². The monoisotopic (exact) mass is 574 g/mol. The minimum atomic E-state index is -0.542. The van der Waals surface area contributed by atoms with Crippen LogP contribution in [0, 0.1) is 12.8 Å². The fourth-order valence-corrected chi connectivity index (χ4v) is 4.74. The van der Waals surface area contributed by atoms with E-state index < -0.39 is 12.0 Å². The Morgan fingerprint density at radius 1 is 1.18 bits per heavy atom. The van der Waals surface area contributed by atoms with Gasteiger partial charge in [0.25, 0.3) is 5.91 Å². The average molecular weight is 575 g/mol. The molecule has 218 valence electrons. The van der Waals surface area contributed by atoms with E-state index in [1.54, 1.807) is 11.9 Å². The number of halogens is 1. The van der Waals surface area contributed by atoms with Crippen molar-refractivity contribution in [2.45, 2.75) is 45.1 Å². The van der Waals surface area contributed by atoms with Crippen molar-refractivity contribution < 1.29 is 19.1 Å². The number of aromatic nitrogens is 2. The summed E-state index contributed by atoms with van der Waals surface area (Å²) in [5, 5.41) is 2.73.